The fourth-order valence-corrected chi connectivity index (χ4v) is 3.70. The number of benzene rings is 1. The molecule has 1 aromatic rings. The van der Waals surface area contributed by atoms with E-state index in [0.29, 0.717) is 25.1 Å². The van der Waals surface area contributed by atoms with Crippen LogP contribution in [-0.2, 0) is 9.53 Å². The standard InChI is InChI=1S/C19H25FN2O3/c1-14(2)22-9-4-3-8-19(18(22)24)13-21(10-11-25-19)17(23)15-6-5-7-16(20)12-15/h5-7,12,14H,3-4,8-11,13H2,1-2H3. The molecular formula is C19H25FN2O3. The molecular weight excluding hydrogens is 323 g/mol. The quantitative estimate of drug-likeness (QED) is 0.825. The van der Waals surface area contributed by atoms with Crippen molar-refractivity contribution in [2.45, 2.75) is 44.8 Å². The zero-order chi connectivity index (χ0) is 18.0. The van der Waals surface area contributed by atoms with E-state index in [1.807, 2.05) is 18.7 Å². The molecule has 25 heavy (non-hydrogen) atoms. The van der Waals surface area contributed by atoms with E-state index < -0.39 is 11.4 Å². The molecule has 2 saturated heterocycles. The van der Waals surface area contributed by atoms with Gasteiger partial charge in [-0.25, -0.2) is 4.39 Å². The predicted octanol–water partition coefficient (Wildman–Crippen LogP) is 2.46. The second-order valence-electron chi connectivity index (χ2n) is 7.13. The minimum atomic E-state index is -0.970. The molecule has 2 amide bonds. The number of ether oxygens (including phenoxy) is 1. The molecule has 0 aromatic heterocycles. The highest BCUT2D eigenvalue weighted by atomic mass is 19.1. The highest BCUT2D eigenvalue weighted by Gasteiger charge is 2.48. The van der Waals surface area contributed by atoms with Gasteiger partial charge in [-0.05, 0) is 51.3 Å². The second kappa shape index (κ2) is 7.12. The van der Waals surface area contributed by atoms with E-state index in [-0.39, 0.29) is 24.4 Å². The van der Waals surface area contributed by atoms with Crippen LogP contribution in [0.4, 0.5) is 4.39 Å². The molecule has 3 rings (SSSR count). The van der Waals surface area contributed by atoms with Gasteiger partial charge in [0.05, 0.1) is 13.2 Å². The number of halogens is 1. The highest BCUT2D eigenvalue weighted by molar-refractivity contribution is 5.95. The summed E-state index contributed by atoms with van der Waals surface area (Å²) in [7, 11) is 0. The van der Waals surface area contributed by atoms with Gasteiger partial charge in [-0.2, -0.15) is 0 Å². The van der Waals surface area contributed by atoms with Gasteiger partial charge >= 0.3 is 0 Å². The maximum atomic E-state index is 13.4. The van der Waals surface area contributed by atoms with E-state index in [9.17, 15) is 14.0 Å². The smallest absolute Gasteiger partial charge is 0.256 e. The van der Waals surface area contributed by atoms with E-state index in [2.05, 4.69) is 0 Å². The van der Waals surface area contributed by atoms with E-state index in [0.717, 1.165) is 19.4 Å². The third-order valence-corrected chi connectivity index (χ3v) is 5.05. The summed E-state index contributed by atoms with van der Waals surface area (Å²) in [6.07, 6.45) is 2.44. The number of amides is 2. The van der Waals surface area contributed by atoms with Crippen LogP contribution < -0.4 is 0 Å². The lowest BCUT2D eigenvalue weighted by atomic mass is 9.93. The number of nitrogens with zero attached hydrogens (tertiary/aromatic N) is 2. The number of rotatable bonds is 2. The number of likely N-dealkylation sites (tertiary alicyclic amines) is 1. The molecule has 2 aliphatic rings. The first-order valence-electron chi connectivity index (χ1n) is 8.93. The third kappa shape index (κ3) is 3.54. The number of hydrogen-bond donors (Lipinski definition) is 0. The van der Waals surface area contributed by atoms with Crippen molar-refractivity contribution in [3.05, 3.63) is 35.6 Å². The minimum absolute atomic E-state index is 0.0308. The van der Waals surface area contributed by atoms with E-state index in [1.165, 1.54) is 18.2 Å². The fraction of sp³-hybridized carbons (Fsp3) is 0.579. The molecule has 1 aromatic carbocycles. The Morgan fingerprint density at radius 2 is 2.08 bits per heavy atom. The summed E-state index contributed by atoms with van der Waals surface area (Å²) < 4.78 is 19.4. The first kappa shape index (κ1) is 17.9. The molecule has 1 atom stereocenters. The van der Waals surface area contributed by atoms with Crippen LogP contribution in [0.5, 0.6) is 0 Å². The highest BCUT2D eigenvalue weighted by Crippen LogP contribution is 2.31. The van der Waals surface area contributed by atoms with Crippen molar-refractivity contribution in [3.8, 4) is 0 Å². The number of carbonyl (C=O) groups is 2. The number of hydrogen-bond acceptors (Lipinski definition) is 3. The average Bonchev–Trinajstić information content (AvgIpc) is 2.74. The SMILES string of the molecule is CC(C)N1CCCCC2(CN(C(=O)c3cccc(F)c3)CCO2)C1=O. The van der Waals surface area contributed by atoms with Crippen molar-refractivity contribution >= 4 is 11.8 Å². The summed E-state index contributed by atoms with van der Waals surface area (Å²) in [6, 6.07) is 5.77. The monoisotopic (exact) mass is 348 g/mol. The number of carbonyl (C=O) groups excluding carboxylic acids is 2. The first-order valence-corrected chi connectivity index (χ1v) is 8.93. The summed E-state index contributed by atoms with van der Waals surface area (Å²) in [5, 5.41) is 0. The van der Waals surface area contributed by atoms with E-state index >= 15 is 0 Å². The average molecular weight is 348 g/mol. The van der Waals surface area contributed by atoms with Crippen LogP contribution in [0.25, 0.3) is 0 Å². The lowest BCUT2D eigenvalue weighted by Crippen LogP contribution is -2.61. The van der Waals surface area contributed by atoms with Gasteiger partial charge in [-0.3, -0.25) is 9.59 Å². The Morgan fingerprint density at radius 1 is 1.28 bits per heavy atom. The van der Waals surface area contributed by atoms with Crippen LogP contribution in [0.2, 0.25) is 0 Å². The molecule has 6 heteroatoms. The largest absolute Gasteiger partial charge is 0.361 e. The second-order valence-corrected chi connectivity index (χ2v) is 7.13. The van der Waals surface area contributed by atoms with Gasteiger partial charge in [0, 0.05) is 24.7 Å². The normalized spacial score (nSPS) is 24.7. The third-order valence-electron chi connectivity index (χ3n) is 5.05. The molecule has 0 N–H and O–H groups in total. The van der Waals surface area contributed by atoms with Crippen LogP contribution in [0, 0.1) is 5.82 Å². The Kier molecular flexibility index (Phi) is 5.08. The van der Waals surface area contributed by atoms with E-state index in [1.54, 1.807) is 11.0 Å². The van der Waals surface area contributed by atoms with Gasteiger partial charge in [0.15, 0.2) is 5.60 Å². The molecule has 0 aliphatic carbocycles. The van der Waals surface area contributed by atoms with Crippen LogP contribution in [0.15, 0.2) is 24.3 Å². The van der Waals surface area contributed by atoms with Crippen molar-refractivity contribution < 1.29 is 18.7 Å². The Labute approximate surface area is 147 Å². The predicted molar refractivity (Wildman–Crippen MR) is 91.7 cm³/mol. The lowest BCUT2D eigenvalue weighted by molar-refractivity contribution is -0.169. The Hall–Kier alpha value is -1.95. The van der Waals surface area contributed by atoms with Gasteiger partial charge in [0.1, 0.15) is 5.82 Å². The molecule has 2 heterocycles. The zero-order valence-electron chi connectivity index (χ0n) is 14.8. The summed E-state index contributed by atoms with van der Waals surface area (Å²) in [5.74, 6) is -0.725. The van der Waals surface area contributed by atoms with Gasteiger partial charge < -0.3 is 14.5 Å². The minimum Gasteiger partial charge on any atom is -0.361 e. The first-order chi connectivity index (χ1) is 11.9. The molecule has 5 nitrogen and oxygen atoms in total. The fourth-order valence-electron chi connectivity index (χ4n) is 3.70. The van der Waals surface area contributed by atoms with Gasteiger partial charge in [-0.1, -0.05) is 6.07 Å². The zero-order valence-corrected chi connectivity index (χ0v) is 14.8. The van der Waals surface area contributed by atoms with Gasteiger partial charge in [-0.15, -0.1) is 0 Å². The summed E-state index contributed by atoms with van der Waals surface area (Å²) in [5.41, 5.74) is -0.666. The van der Waals surface area contributed by atoms with Crippen LogP contribution in [0.3, 0.4) is 0 Å². The van der Waals surface area contributed by atoms with Crippen molar-refractivity contribution in [1.29, 1.82) is 0 Å². The Bertz CT molecular complexity index is 664. The van der Waals surface area contributed by atoms with Crippen molar-refractivity contribution in [1.82, 2.24) is 9.80 Å². The van der Waals surface area contributed by atoms with Crippen molar-refractivity contribution in [2.75, 3.05) is 26.2 Å². The summed E-state index contributed by atoms with van der Waals surface area (Å²) in [4.78, 5) is 29.4. The lowest BCUT2D eigenvalue weighted by Gasteiger charge is -2.43. The van der Waals surface area contributed by atoms with Crippen molar-refractivity contribution in [3.63, 3.8) is 0 Å². The maximum Gasteiger partial charge on any atom is 0.256 e. The topological polar surface area (TPSA) is 49.9 Å². The molecule has 2 aliphatic heterocycles. The molecule has 0 bridgehead atoms. The van der Waals surface area contributed by atoms with Gasteiger partial charge in [0.25, 0.3) is 11.8 Å². The molecule has 136 valence electrons. The molecule has 1 unspecified atom stereocenters. The molecule has 1 spiro atoms. The number of morpholine rings is 1. The Morgan fingerprint density at radius 3 is 2.80 bits per heavy atom. The maximum absolute atomic E-state index is 13.4. The molecule has 0 saturated carbocycles. The van der Waals surface area contributed by atoms with Crippen LogP contribution in [-0.4, -0.2) is 59.5 Å². The Balaban J connectivity index is 1.84. The van der Waals surface area contributed by atoms with Crippen molar-refractivity contribution in [2.24, 2.45) is 0 Å². The van der Waals surface area contributed by atoms with Crippen LogP contribution >= 0.6 is 0 Å². The molecule has 0 radical (unpaired) electrons. The van der Waals surface area contributed by atoms with Gasteiger partial charge in [0.2, 0.25) is 0 Å². The summed E-state index contributed by atoms with van der Waals surface area (Å²) >= 11 is 0. The van der Waals surface area contributed by atoms with E-state index in [4.69, 9.17) is 4.74 Å². The summed E-state index contributed by atoms with van der Waals surface area (Å²) in [6.45, 7) is 5.67. The van der Waals surface area contributed by atoms with Crippen LogP contribution in [0.1, 0.15) is 43.5 Å². The molecule has 2 fully saturated rings.